The molecule has 0 aliphatic carbocycles. The van der Waals surface area contributed by atoms with E-state index in [1.165, 1.54) is 0 Å². The van der Waals surface area contributed by atoms with Crippen LogP contribution in [0.25, 0.3) is 0 Å². The van der Waals surface area contributed by atoms with E-state index in [4.69, 9.17) is 4.74 Å². The second kappa shape index (κ2) is 4.82. The van der Waals surface area contributed by atoms with Gasteiger partial charge in [0.2, 0.25) is 0 Å². The summed E-state index contributed by atoms with van der Waals surface area (Å²) in [5.74, 6) is 5.47. The normalized spacial score (nSPS) is 10.0. The Morgan fingerprint density at radius 2 is 2.08 bits per heavy atom. The monoisotopic (exact) mass is 168 g/mol. The van der Waals surface area contributed by atoms with Gasteiger partial charge in [-0.1, -0.05) is 0 Å². The van der Waals surface area contributed by atoms with Crippen molar-refractivity contribution in [2.24, 2.45) is 5.41 Å². The largest absolute Gasteiger partial charge is 0.466 e. The molecule has 0 aliphatic heterocycles. The highest BCUT2D eigenvalue weighted by Gasteiger charge is 2.27. The maximum atomic E-state index is 11.3. The lowest BCUT2D eigenvalue weighted by Crippen LogP contribution is -2.26. The maximum absolute atomic E-state index is 11.3. The van der Waals surface area contributed by atoms with Crippen molar-refractivity contribution in [3.63, 3.8) is 0 Å². The van der Waals surface area contributed by atoms with Crippen LogP contribution >= 0.6 is 0 Å². The van der Waals surface area contributed by atoms with Crippen LogP contribution in [0.2, 0.25) is 0 Å². The van der Waals surface area contributed by atoms with Crippen LogP contribution in [0.1, 0.15) is 34.1 Å². The van der Waals surface area contributed by atoms with Crippen molar-refractivity contribution in [2.75, 3.05) is 6.61 Å². The summed E-state index contributed by atoms with van der Waals surface area (Å²) in [5, 5.41) is 0. The van der Waals surface area contributed by atoms with E-state index in [0.717, 1.165) is 0 Å². The van der Waals surface area contributed by atoms with Gasteiger partial charge in [0.25, 0.3) is 0 Å². The van der Waals surface area contributed by atoms with Gasteiger partial charge >= 0.3 is 5.97 Å². The Kier molecular flexibility index (Phi) is 4.43. The quantitative estimate of drug-likeness (QED) is 0.476. The fourth-order valence-corrected chi connectivity index (χ4v) is 0.708. The van der Waals surface area contributed by atoms with Crippen LogP contribution in [0.3, 0.4) is 0 Å². The fraction of sp³-hybridized carbons (Fsp3) is 0.700. The van der Waals surface area contributed by atoms with Crippen LogP contribution in [0.15, 0.2) is 0 Å². The molecule has 0 amide bonds. The molecule has 0 fully saturated rings. The Labute approximate surface area is 74.3 Å². The summed E-state index contributed by atoms with van der Waals surface area (Å²) in [6.07, 6.45) is 0.558. The maximum Gasteiger partial charge on any atom is 0.312 e. The molecular weight excluding hydrogens is 152 g/mol. The van der Waals surface area contributed by atoms with Crippen LogP contribution in [-0.2, 0) is 9.53 Å². The van der Waals surface area contributed by atoms with Gasteiger partial charge in [-0.15, -0.1) is 11.8 Å². The Morgan fingerprint density at radius 1 is 1.50 bits per heavy atom. The van der Waals surface area contributed by atoms with Crippen molar-refractivity contribution in [3.05, 3.63) is 0 Å². The highest BCUT2D eigenvalue weighted by Crippen LogP contribution is 2.21. The third-order valence-electron chi connectivity index (χ3n) is 1.54. The minimum absolute atomic E-state index is 0.173. The van der Waals surface area contributed by atoms with Crippen molar-refractivity contribution in [1.29, 1.82) is 0 Å². The Balaban J connectivity index is 4.14. The molecule has 0 saturated carbocycles. The summed E-state index contributed by atoms with van der Waals surface area (Å²) in [7, 11) is 0. The van der Waals surface area contributed by atoms with E-state index in [9.17, 15) is 4.79 Å². The van der Waals surface area contributed by atoms with Crippen molar-refractivity contribution in [1.82, 2.24) is 0 Å². The summed E-state index contributed by atoms with van der Waals surface area (Å²) < 4.78 is 4.90. The van der Waals surface area contributed by atoms with E-state index in [2.05, 4.69) is 11.8 Å². The van der Waals surface area contributed by atoms with Gasteiger partial charge in [-0.05, 0) is 27.7 Å². The van der Waals surface area contributed by atoms with Gasteiger partial charge < -0.3 is 4.74 Å². The molecule has 0 heterocycles. The van der Waals surface area contributed by atoms with Crippen molar-refractivity contribution >= 4 is 5.97 Å². The van der Waals surface area contributed by atoms with Gasteiger partial charge in [0.15, 0.2) is 0 Å². The van der Waals surface area contributed by atoms with Crippen LogP contribution in [0, 0.1) is 17.3 Å². The van der Waals surface area contributed by atoms with Gasteiger partial charge in [-0.3, -0.25) is 4.79 Å². The second-order valence-corrected chi connectivity index (χ2v) is 3.21. The molecule has 0 aromatic rings. The summed E-state index contributed by atoms with van der Waals surface area (Å²) >= 11 is 0. The van der Waals surface area contributed by atoms with Crippen LogP contribution in [-0.4, -0.2) is 12.6 Å². The second-order valence-electron chi connectivity index (χ2n) is 3.21. The molecule has 0 saturated heterocycles. The zero-order valence-corrected chi connectivity index (χ0v) is 8.23. The first kappa shape index (κ1) is 11.0. The molecule has 12 heavy (non-hydrogen) atoms. The van der Waals surface area contributed by atoms with Gasteiger partial charge in [0.05, 0.1) is 12.0 Å². The lowest BCUT2D eigenvalue weighted by Gasteiger charge is -2.18. The predicted octanol–water partition coefficient (Wildman–Crippen LogP) is 1.99. The number of hydrogen-bond acceptors (Lipinski definition) is 2. The molecular formula is C10H16O2. The van der Waals surface area contributed by atoms with Gasteiger partial charge in [0, 0.05) is 6.42 Å². The van der Waals surface area contributed by atoms with Crippen molar-refractivity contribution < 1.29 is 9.53 Å². The molecule has 0 bridgehead atoms. The van der Waals surface area contributed by atoms with E-state index in [1.807, 2.05) is 13.8 Å². The zero-order chi connectivity index (χ0) is 9.61. The molecule has 2 heteroatoms. The predicted molar refractivity (Wildman–Crippen MR) is 48.5 cm³/mol. The van der Waals surface area contributed by atoms with E-state index in [1.54, 1.807) is 13.8 Å². The molecule has 0 radical (unpaired) electrons. The van der Waals surface area contributed by atoms with E-state index < -0.39 is 5.41 Å². The minimum atomic E-state index is -0.473. The van der Waals surface area contributed by atoms with Crippen LogP contribution in [0.4, 0.5) is 0 Å². The Hall–Kier alpha value is -0.970. The number of hydrogen-bond donors (Lipinski definition) is 0. The summed E-state index contributed by atoms with van der Waals surface area (Å²) in [6.45, 7) is 7.69. The zero-order valence-electron chi connectivity index (χ0n) is 8.23. The molecule has 0 aliphatic rings. The molecule has 2 nitrogen and oxygen atoms in total. The molecule has 0 atom stereocenters. The third-order valence-corrected chi connectivity index (χ3v) is 1.54. The lowest BCUT2D eigenvalue weighted by molar-refractivity contribution is -0.153. The molecule has 0 spiro atoms. The molecule has 0 unspecified atom stereocenters. The first-order chi connectivity index (χ1) is 5.54. The molecule has 68 valence electrons. The van der Waals surface area contributed by atoms with Crippen molar-refractivity contribution in [2.45, 2.75) is 34.1 Å². The SMILES string of the molecule is CC#CCC(C)(C)C(=O)OCC. The van der Waals surface area contributed by atoms with E-state index >= 15 is 0 Å². The topological polar surface area (TPSA) is 26.3 Å². The standard InChI is InChI=1S/C10H16O2/c1-5-7-8-10(3,4)9(11)12-6-2/h6,8H2,1-4H3. The summed E-state index contributed by atoms with van der Waals surface area (Å²) in [6, 6.07) is 0. The highest BCUT2D eigenvalue weighted by molar-refractivity contribution is 5.76. The lowest BCUT2D eigenvalue weighted by atomic mass is 9.90. The minimum Gasteiger partial charge on any atom is -0.466 e. The number of esters is 1. The Bertz CT molecular complexity index is 206. The average Bonchev–Trinajstić information content (AvgIpc) is 2.01. The van der Waals surface area contributed by atoms with Gasteiger partial charge in [0.1, 0.15) is 0 Å². The first-order valence-corrected chi connectivity index (χ1v) is 4.11. The molecule has 0 aromatic carbocycles. The van der Waals surface area contributed by atoms with E-state index in [0.29, 0.717) is 13.0 Å². The molecule has 0 rings (SSSR count). The highest BCUT2D eigenvalue weighted by atomic mass is 16.5. The Morgan fingerprint density at radius 3 is 2.50 bits per heavy atom. The number of rotatable bonds is 3. The fourth-order valence-electron chi connectivity index (χ4n) is 0.708. The number of ether oxygens (including phenoxy) is 1. The van der Waals surface area contributed by atoms with Crippen LogP contribution < -0.4 is 0 Å². The number of carbonyl (C=O) groups excluding carboxylic acids is 1. The van der Waals surface area contributed by atoms with Crippen molar-refractivity contribution in [3.8, 4) is 11.8 Å². The number of carbonyl (C=O) groups is 1. The smallest absolute Gasteiger partial charge is 0.312 e. The van der Waals surface area contributed by atoms with Crippen LogP contribution in [0.5, 0.6) is 0 Å². The molecule has 0 N–H and O–H groups in total. The third kappa shape index (κ3) is 3.43. The summed E-state index contributed by atoms with van der Waals surface area (Å²) in [4.78, 5) is 11.3. The average molecular weight is 168 g/mol. The van der Waals surface area contributed by atoms with E-state index in [-0.39, 0.29) is 5.97 Å². The van der Waals surface area contributed by atoms with Gasteiger partial charge in [-0.2, -0.15) is 0 Å². The molecule has 0 aromatic heterocycles. The first-order valence-electron chi connectivity index (χ1n) is 4.11. The summed E-state index contributed by atoms with van der Waals surface area (Å²) in [5.41, 5.74) is -0.473. The van der Waals surface area contributed by atoms with Gasteiger partial charge in [-0.25, -0.2) is 0 Å².